The van der Waals surface area contributed by atoms with E-state index in [1.54, 1.807) is 11.0 Å². The van der Waals surface area contributed by atoms with Crippen LogP contribution in [0.1, 0.15) is 32.8 Å². The standard InChI is InChI=1S/C16H22ClFN2O2/c1-16(2,3)22-15(21)20-5-4-14(10-20)19-9-11-6-12(17)8-13(18)7-11/h6-8,14,19H,4-5,9-10H2,1-3H3. The van der Waals surface area contributed by atoms with Gasteiger partial charge in [-0.15, -0.1) is 0 Å². The van der Waals surface area contributed by atoms with Crippen LogP contribution >= 0.6 is 11.6 Å². The Morgan fingerprint density at radius 2 is 2.18 bits per heavy atom. The Kier molecular flexibility index (Phi) is 5.29. The summed E-state index contributed by atoms with van der Waals surface area (Å²) in [5.74, 6) is -0.342. The van der Waals surface area contributed by atoms with Crippen LogP contribution in [-0.4, -0.2) is 35.7 Å². The molecule has 1 aliphatic rings. The van der Waals surface area contributed by atoms with Crippen LogP contribution in [0.5, 0.6) is 0 Å². The number of ether oxygens (including phenoxy) is 1. The second kappa shape index (κ2) is 6.84. The highest BCUT2D eigenvalue weighted by molar-refractivity contribution is 6.30. The number of hydrogen-bond acceptors (Lipinski definition) is 3. The molecule has 1 aromatic rings. The van der Waals surface area contributed by atoms with Crippen LogP contribution in [0.2, 0.25) is 5.02 Å². The maximum Gasteiger partial charge on any atom is 0.410 e. The molecular weight excluding hydrogens is 307 g/mol. The van der Waals surface area contributed by atoms with Gasteiger partial charge in [-0.3, -0.25) is 0 Å². The van der Waals surface area contributed by atoms with E-state index in [9.17, 15) is 9.18 Å². The third kappa shape index (κ3) is 5.14. The van der Waals surface area contributed by atoms with Crippen molar-refractivity contribution >= 4 is 17.7 Å². The van der Waals surface area contributed by atoms with Crippen LogP contribution in [0.25, 0.3) is 0 Å². The molecule has 1 amide bonds. The van der Waals surface area contributed by atoms with Gasteiger partial charge in [-0.1, -0.05) is 11.6 Å². The molecule has 1 saturated heterocycles. The minimum atomic E-state index is -0.485. The summed E-state index contributed by atoms with van der Waals surface area (Å²) in [5.41, 5.74) is 0.307. The van der Waals surface area contributed by atoms with E-state index < -0.39 is 5.60 Å². The molecule has 0 spiro atoms. The van der Waals surface area contributed by atoms with E-state index in [1.165, 1.54) is 12.1 Å². The van der Waals surface area contributed by atoms with Crippen molar-refractivity contribution in [1.82, 2.24) is 10.2 Å². The van der Waals surface area contributed by atoms with E-state index >= 15 is 0 Å². The summed E-state index contributed by atoms with van der Waals surface area (Å²) in [7, 11) is 0. The maximum atomic E-state index is 13.3. The highest BCUT2D eigenvalue weighted by Crippen LogP contribution is 2.17. The zero-order chi connectivity index (χ0) is 16.3. The molecule has 1 aliphatic heterocycles. The molecule has 22 heavy (non-hydrogen) atoms. The second-order valence-electron chi connectivity index (χ2n) is 6.57. The van der Waals surface area contributed by atoms with Crippen LogP contribution in [0.3, 0.4) is 0 Å². The number of nitrogens with zero attached hydrogens (tertiary/aromatic N) is 1. The minimum absolute atomic E-state index is 0.176. The fourth-order valence-electron chi connectivity index (χ4n) is 2.39. The van der Waals surface area contributed by atoms with Crippen molar-refractivity contribution in [2.45, 2.75) is 45.4 Å². The molecule has 0 aromatic heterocycles. The van der Waals surface area contributed by atoms with Gasteiger partial charge in [-0.05, 0) is 51.0 Å². The smallest absolute Gasteiger partial charge is 0.410 e. The number of hydrogen-bond donors (Lipinski definition) is 1. The van der Waals surface area contributed by atoms with E-state index in [0.29, 0.717) is 24.7 Å². The van der Waals surface area contributed by atoms with Crippen molar-refractivity contribution < 1.29 is 13.9 Å². The monoisotopic (exact) mass is 328 g/mol. The van der Waals surface area contributed by atoms with Gasteiger partial charge in [-0.2, -0.15) is 0 Å². The largest absolute Gasteiger partial charge is 0.444 e. The summed E-state index contributed by atoms with van der Waals surface area (Å²) >= 11 is 5.83. The summed E-state index contributed by atoms with van der Waals surface area (Å²) in [4.78, 5) is 13.7. The fraction of sp³-hybridized carbons (Fsp3) is 0.562. The number of amides is 1. The first-order valence-electron chi connectivity index (χ1n) is 7.39. The van der Waals surface area contributed by atoms with Gasteiger partial charge >= 0.3 is 6.09 Å². The predicted octanol–water partition coefficient (Wildman–Crippen LogP) is 3.58. The molecular formula is C16H22ClFN2O2. The van der Waals surface area contributed by atoms with Crippen LogP contribution in [0.15, 0.2) is 18.2 Å². The van der Waals surface area contributed by atoms with E-state index in [0.717, 1.165) is 12.0 Å². The number of nitrogens with one attached hydrogen (secondary N) is 1. The van der Waals surface area contributed by atoms with Crippen molar-refractivity contribution in [2.24, 2.45) is 0 Å². The quantitative estimate of drug-likeness (QED) is 0.922. The van der Waals surface area contributed by atoms with E-state index in [2.05, 4.69) is 5.32 Å². The number of benzene rings is 1. The maximum absolute atomic E-state index is 13.3. The van der Waals surface area contributed by atoms with E-state index in [1.807, 2.05) is 20.8 Å². The Bertz CT molecular complexity index is 525. The van der Waals surface area contributed by atoms with Gasteiger partial charge in [0.15, 0.2) is 0 Å². The molecule has 1 atom stereocenters. The Morgan fingerprint density at radius 3 is 2.82 bits per heavy atom. The molecule has 0 bridgehead atoms. The Morgan fingerprint density at radius 1 is 1.45 bits per heavy atom. The van der Waals surface area contributed by atoms with Crippen molar-refractivity contribution in [2.75, 3.05) is 13.1 Å². The van der Waals surface area contributed by atoms with Crippen molar-refractivity contribution in [3.63, 3.8) is 0 Å². The fourth-order valence-corrected chi connectivity index (χ4v) is 2.64. The number of carbonyl (C=O) groups excluding carboxylic acids is 1. The number of rotatable bonds is 3. The van der Waals surface area contributed by atoms with Gasteiger partial charge in [-0.25, -0.2) is 9.18 Å². The average molecular weight is 329 g/mol. The molecule has 1 heterocycles. The first-order chi connectivity index (χ1) is 10.2. The number of halogens is 2. The second-order valence-corrected chi connectivity index (χ2v) is 7.01. The zero-order valence-electron chi connectivity index (χ0n) is 13.2. The summed E-state index contributed by atoms with van der Waals surface area (Å²) in [6.07, 6.45) is 0.563. The highest BCUT2D eigenvalue weighted by Gasteiger charge is 2.29. The predicted molar refractivity (Wildman–Crippen MR) is 84.5 cm³/mol. The molecule has 1 unspecified atom stereocenters. The number of likely N-dealkylation sites (tertiary alicyclic amines) is 1. The summed E-state index contributed by atoms with van der Waals surface area (Å²) in [6, 6.07) is 4.65. The van der Waals surface area contributed by atoms with Crippen LogP contribution in [0, 0.1) is 5.82 Å². The normalized spacial score (nSPS) is 18.6. The first-order valence-corrected chi connectivity index (χ1v) is 7.77. The lowest BCUT2D eigenvalue weighted by Crippen LogP contribution is -2.38. The van der Waals surface area contributed by atoms with Crippen molar-refractivity contribution in [1.29, 1.82) is 0 Å². The number of carbonyl (C=O) groups is 1. The molecule has 122 valence electrons. The first kappa shape index (κ1) is 17.0. The molecule has 1 fully saturated rings. The summed E-state index contributed by atoms with van der Waals surface area (Å²) in [6.45, 7) is 7.33. The Balaban J connectivity index is 1.82. The van der Waals surface area contributed by atoms with Gasteiger partial charge in [0.25, 0.3) is 0 Å². The van der Waals surface area contributed by atoms with Crippen molar-refractivity contribution in [3.05, 3.63) is 34.6 Å². The van der Waals surface area contributed by atoms with Gasteiger partial charge < -0.3 is 15.0 Å². The van der Waals surface area contributed by atoms with E-state index in [-0.39, 0.29) is 18.0 Å². The molecule has 2 rings (SSSR count). The minimum Gasteiger partial charge on any atom is -0.444 e. The molecule has 0 aliphatic carbocycles. The van der Waals surface area contributed by atoms with Gasteiger partial charge in [0.1, 0.15) is 11.4 Å². The lowest BCUT2D eigenvalue weighted by Gasteiger charge is -2.24. The van der Waals surface area contributed by atoms with Gasteiger partial charge in [0.05, 0.1) is 0 Å². The topological polar surface area (TPSA) is 41.6 Å². The third-order valence-corrected chi connectivity index (χ3v) is 3.58. The third-order valence-electron chi connectivity index (χ3n) is 3.36. The van der Waals surface area contributed by atoms with Crippen molar-refractivity contribution in [3.8, 4) is 0 Å². The van der Waals surface area contributed by atoms with Crippen LogP contribution in [-0.2, 0) is 11.3 Å². The van der Waals surface area contributed by atoms with Gasteiger partial charge in [0, 0.05) is 30.7 Å². The van der Waals surface area contributed by atoms with Crippen LogP contribution < -0.4 is 5.32 Å². The zero-order valence-corrected chi connectivity index (χ0v) is 13.9. The average Bonchev–Trinajstić information content (AvgIpc) is 2.82. The highest BCUT2D eigenvalue weighted by atomic mass is 35.5. The summed E-state index contributed by atoms with van der Waals surface area (Å²) < 4.78 is 18.6. The Labute approximate surface area is 135 Å². The molecule has 6 heteroatoms. The Hall–Kier alpha value is -1.33. The molecule has 1 N–H and O–H groups in total. The molecule has 1 aromatic carbocycles. The SMILES string of the molecule is CC(C)(C)OC(=O)N1CCC(NCc2cc(F)cc(Cl)c2)C1. The lowest BCUT2D eigenvalue weighted by molar-refractivity contribution is 0.0291. The molecule has 0 radical (unpaired) electrons. The lowest BCUT2D eigenvalue weighted by atomic mass is 10.2. The van der Waals surface area contributed by atoms with E-state index in [4.69, 9.17) is 16.3 Å². The summed E-state index contributed by atoms with van der Waals surface area (Å²) in [5, 5.41) is 3.71. The van der Waals surface area contributed by atoms with Gasteiger partial charge in [0.2, 0.25) is 0 Å². The molecule has 4 nitrogen and oxygen atoms in total. The van der Waals surface area contributed by atoms with Crippen LogP contribution in [0.4, 0.5) is 9.18 Å². The molecule has 0 saturated carbocycles.